The lowest BCUT2D eigenvalue weighted by Crippen LogP contribution is -2.46. The van der Waals surface area contributed by atoms with Crippen molar-refractivity contribution in [3.63, 3.8) is 0 Å². The predicted octanol–water partition coefficient (Wildman–Crippen LogP) is 2.67. The summed E-state index contributed by atoms with van der Waals surface area (Å²) in [5.74, 6) is -1.34. The predicted molar refractivity (Wildman–Crippen MR) is 123 cm³/mol. The summed E-state index contributed by atoms with van der Waals surface area (Å²) in [4.78, 5) is 35.1. The topological polar surface area (TPSA) is 106 Å². The fraction of sp³-hybridized carbons (Fsp3) is 0.300. The summed E-state index contributed by atoms with van der Waals surface area (Å²) in [7, 11) is 0. The Morgan fingerprint density at radius 2 is 2.12 bits per heavy atom. The molecule has 1 fully saturated rings. The third-order valence-electron chi connectivity index (χ3n) is 5.30. The average Bonchev–Trinajstić information content (AvgIpc) is 3.30. The van der Waals surface area contributed by atoms with Crippen LogP contribution in [0.25, 0.3) is 11.0 Å². The van der Waals surface area contributed by atoms with Crippen molar-refractivity contribution in [2.24, 2.45) is 0 Å². The summed E-state index contributed by atoms with van der Waals surface area (Å²) in [5, 5.41) is 3.15. The quantitative estimate of drug-likeness (QED) is 0.456. The summed E-state index contributed by atoms with van der Waals surface area (Å²) < 4.78 is 30.6. The Morgan fingerprint density at radius 3 is 2.91 bits per heavy atom. The highest BCUT2D eigenvalue weighted by atomic mass is 127. The number of benzene rings is 1. The van der Waals surface area contributed by atoms with Gasteiger partial charge in [-0.15, -0.1) is 0 Å². The van der Waals surface area contributed by atoms with Crippen molar-refractivity contribution in [1.82, 2.24) is 24.8 Å². The Labute approximate surface area is 200 Å². The highest BCUT2D eigenvalue weighted by molar-refractivity contribution is 14.1. The number of likely N-dealkylation sites (tertiary alicyclic amines) is 1. The summed E-state index contributed by atoms with van der Waals surface area (Å²) in [6.07, 6.45) is 1.54. The van der Waals surface area contributed by atoms with Crippen molar-refractivity contribution in [3.05, 3.63) is 50.7 Å². The van der Waals surface area contributed by atoms with Gasteiger partial charge >= 0.3 is 0 Å². The zero-order chi connectivity index (χ0) is 23.0. The minimum Gasteiger partial charge on any atom is -0.383 e. The van der Waals surface area contributed by atoms with Crippen LogP contribution in [0.3, 0.4) is 0 Å². The second-order valence-electron chi connectivity index (χ2n) is 7.39. The number of nitrogens with one attached hydrogen (secondary N) is 1. The van der Waals surface area contributed by atoms with Gasteiger partial charge in [-0.1, -0.05) is 23.7 Å². The van der Waals surface area contributed by atoms with Crippen LogP contribution < -0.4 is 11.1 Å². The van der Waals surface area contributed by atoms with Crippen LogP contribution in [0.4, 0.5) is 14.6 Å². The maximum Gasteiger partial charge on any atom is 0.243 e. The van der Waals surface area contributed by atoms with Gasteiger partial charge in [-0.25, -0.2) is 18.7 Å². The van der Waals surface area contributed by atoms with E-state index in [1.165, 1.54) is 23.4 Å². The molecule has 0 aliphatic carbocycles. The molecule has 1 aliphatic rings. The second-order valence-corrected chi connectivity index (χ2v) is 8.96. The maximum absolute atomic E-state index is 14.2. The van der Waals surface area contributed by atoms with Gasteiger partial charge in [0.2, 0.25) is 11.8 Å². The lowest BCUT2D eigenvalue weighted by molar-refractivity contribution is -0.139. The van der Waals surface area contributed by atoms with Crippen LogP contribution in [0.1, 0.15) is 12.0 Å². The highest BCUT2D eigenvalue weighted by Crippen LogP contribution is 2.26. The molecular weight excluding hydrogens is 557 g/mol. The number of halogens is 4. The Morgan fingerprint density at radius 1 is 1.34 bits per heavy atom. The van der Waals surface area contributed by atoms with Gasteiger partial charge in [0.05, 0.1) is 17.0 Å². The number of amides is 2. The number of nitrogens with zero attached hydrogens (tertiary/aromatic N) is 4. The van der Waals surface area contributed by atoms with Crippen LogP contribution >= 0.6 is 34.2 Å². The van der Waals surface area contributed by atoms with Gasteiger partial charge < -0.3 is 20.5 Å². The van der Waals surface area contributed by atoms with Crippen molar-refractivity contribution >= 4 is 62.9 Å². The third kappa shape index (κ3) is 4.35. The molecule has 32 heavy (non-hydrogen) atoms. The van der Waals surface area contributed by atoms with Crippen LogP contribution in [0.15, 0.2) is 30.7 Å². The number of anilines is 1. The standard InChI is InChI=1S/C20H18ClF2IN6O2/c21-12-3-1-2-10(17(12)23)5-26-20(32)14-4-11(22)6-30(14)15(31)8-29-7-13(24)16-18(25)27-9-28-19(16)29/h1-3,7,9,11,14H,4-6,8H2,(H,26,32)(H2,25,27,28)/t11-,14-/m1/s1. The van der Waals surface area contributed by atoms with Gasteiger partial charge in [0, 0.05) is 28.3 Å². The molecule has 2 amide bonds. The van der Waals surface area contributed by atoms with Crippen molar-refractivity contribution in [1.29, 1.82) is 0 Å². The van der Waals surface area contributed by atoms with E-state index in [4.69, 9.17) is 17.3 Å². The molecule has 3 heterocycles. The average molecular weight is 575 g/mol. The normalized spacial score (nSPS) is 18.3. The number of carbonyl (C=O) groups is 2. The number of hydrogen-bond acceptors (Lipinski definition) is 5. The monoisotopic (exact) mass is 574 g/mol. The van der Waals surface area contributed by atoms with Gasteiger partial charge in [-0.2, -0.15) is 0 Å². The number of fused-ring (bicyclic) bond motifs is 1. The van der Waals surface area contributed by atoms with Crippen molar-refractivity contribution in [2.75, 3.05) is 12.3 Å². The number of nitrogen functional groups attached to an aromatic ring is 1. The summed E-state index contributed by atoms with van der Waals surface area (Å²) in [6, 6.07) is 3.45. The first-order valence-electron chi connectivity index (χ1n) is 9.65. The van der Waals surface area contributed by atoms with E-state index in [0.29, 0.717) is 16.9 Å². The van der Waals surface area contributed by atoms with Crippen LogP contribution in [0.2, 0.25) is 5.02 Å². The summed E-state index contributed by atoms with van der Waals surface area (Å²) in [6.45, 7) is -0.470. The van der Waals surface area contributed by atoms with E-state index >= 15 is 0 Å². The first-order chi connectivity index (χ1) is 15.3. The SMILES string of the molecule is Nc1ncnc2c1c(I)cn2CC(=O)N1C[C@H](F)C[C@@H]1C(=O)NCc1cccc(Cl)c1F. The molecule has 0 spiro atoms. The van der Waals surface area contributed by atoms with E-state index in [1.54, 1.807) is 16.8 Å². The summed E-state index contributed by atoms with van der Waals surface area (Å²) in [5.41, 5.74) is 6.58. The van der Waals surface area contributed by atoms with E-state index in [1.807, 2.05) is 0 Å². The molecule has 1 saturated heterocycles. The van der Waals surface area contributed by atoms with Gasteiger partial charge in [-0.05, 0) is 28.7 Å². The van der Waals surface area contributed by atoms with Crippen molar-refractivity contribution in [3.8, 4) is 0 Å². The minimum absolute atomic E-state index is 0.0590. The molecule has 1 aromatic carbocycles. The number of carbonyl (C=O) groups excluding carboxylic acids is 2. The largest absolute Gasteiger partial charge is 0.383 e. The molecule has 4 rings (SSSR count). The van der Waals surface area contributed by atoms with Crippen LogP contribution in [-0.4, -0.2) is 50.0 Å². The lowest BCUT2D eigenvalue weighted by atomic mass is 10.1. The number of alkyl halides is 1. The van der Waals surface area contributed by atoms with Gasteiger partial charge in [0.1, 0.15) is 42.4 Å². The van der Waals surface area contributed by atoms with Gasteiger partial charge in [0.25, 0.3) is 0 Å². The minimum atomic E-state index is -1.34. The van der Waals surface area contributed by atoms with E-state index in [9.17, 15) is 18.4 Å². The zero-order valence-electron chi connectivity index (χ0n) is 16.6. The van der Waals surface area contributed by atoms with Crippen LogP contribution in [0, 0.1) is 9.39 Å². The molecule has 0 saturated carbocycles. The highest BCUT2D eigenvalue weighted by Gasteiger charge is 2.39. The molecule has 8 nitrogen and oxygen atoms in total. The Hall–Kier alpha value is -2.54. The fourth-order valence-corrected chi connectivity index (χ4v) is 4.80. The molecule has 3 aromatic rings. The molecule has 3 N–H and O–H groups in total. The Kier molecular flexibility index (Phi) is 6.47. The second kappa shape index (κ2) is 9.14. The first kappa shape index (κ1) is 22.6. The molecule has 0 unspecified atom stereocenters. The molecule has 0 bridgehead atoms. The maximum atomic E-state index is 14.2. The van der Waals surface area contributed by atoms with E-state index in [0.717, 1.165) is 3.57 Å². The van der Waals surface area contributed by atoms with Crippen molar-refractivity contribution < 1.29 is 18.4 Å². The zero-order valence-corrected chi connectivity index (χ0v) is 19.5. The number of rotatable bonds is 5. The van der Waals surface area contributed by atoms with Gasteiger partial charge in [-0.3, -0.25) is 9.59 Å². The number of hydrogen-bond donors (Lipinski definition) is 2. The van der Waals surface area contributed by atoms with E-state index in [-0.39, 0.29) is 36.6 Å². The molecule has 0 radical (unpaired) electrons. The van der Waals surface area contributed by atoms with Crippen molar-refractivity contribution in [2.45, 2.75) is 31.7 Å². The first-order valence-corrected chi connectivity index (χ1v) is 11.1. The summed E-state index contributed by atoms with van der Waals surface area (Å²) >= 11 is 7.83. The molecule has 2 atom stereocenters. The van der Waals surface area contributed by atoms with E-state index < -0.39 is 29.8 Å². The number of aromatic nitrogens is 3. The fourth-order valence-electron chi connectivity index (χ4n) is 3.75. The molecule has 2 aromatic heterocycles. The Bertz CT molecular complexity index is 1210. The lowest BCUT2D eigenvalue weighted by Gasteiger charge is -2.24. The van der Waals surface area contributed by atoms with Crippen LogP contribution in [0.5, 0.6) is 0 Å². The third-order valence-corrected chi connectivity index (χ3v) is 6.41. The van der Waals surface area contributed by atoms with Crippen LogP contribution in [-0.2, 0) is 22.7 Å². The number of nitrogens with two attached hydrogens (primary N) is 1. The van der Waals surface area contributed by atoms with E-state index in [2.05, 4.69) is 37.9 Å². The molecule has 12 heteroatoms. The van der Waals surface area contributed by atoms with Gasteiger partial charge in [0.15, 0.2) is 0 Å². The molecule has 168 valence electrons. The molecule has 1 aliphatic heterocycles. The smallest absolute Gasteiger partial charge is 0.243 e. The Balaban J connectivity index is 1.49. The molecular formula is C20H18ClF2IN6O2.